The topological polar surface area (TPSA) is 72.2 Å². The molecule has 0 unspecified atom stereocenters. The van der Waals surface area contributed by atoms with Crippen LogP contribution in [0.5, 0.6) is 0 Å². The SMILES string of the molecule is NC(=O)[C@@H](CCCc1ccccc1)NC(=O)Cc1cc(C(F)(F)F)cc(C(F)(F)F)c1. The molecule has 2 amide bonds. The monoisotopic (exact) mass is 446 g/mol. The predicted octanol–water partition coefficient (Wildman–Crippen LogP) is 4.26. The minimum atomic E-state index is -5.01. The first-order valence-electron chi connectivity index (χ1n) is 9.27. The molecule has 0 radical (unpaired) electrons. The second kappa shape index (κ2) is 9.84. The number of carbonyl (C=O) groups excluding carboxylic acids is 2. The molecule has 1 atom stereocenters. The lowest BCUT2D eigenvalue weighted by atomic mass is 10.0. The van der Waals surface area contributed by atoms with E-state index in [-0.39, 0.29) is 12.5 Å². The number of hydrogen-bond acceptors (Lipinski definition) is 2. The van der Waals surface area contributed by atoms with Crippen LogP contribution in [0, 0.1) is 0 Å². The van der Waals surface area contributed by atoms with E-state index in [1.807, 2.05) is 30.3 Å². The first-order chi connectivity index (χ1) is 14.4. The van der Waals surface area contributed by atoms with E-state index in [0.717, 1.165) is 5.56 Å². The quantitative estimate of drug-likeness (QED) is 0.595. The van der Waals surface area contributed by atoms with Crippen molar-refractivity contribution in [3.8, 4) is 0 Å². The van der Waals surface area contributed by atoms with Gasteiger partial charge in [0.1, 0.15) is 6.04 Å². The van der Waals surface area contributed by atoms with Gasteiger partial charge in [-0.3, -0.25) is 9.59 Å². The van der Waals surface area contributed by atoms with Crippen molar-refractivity contribution in [2.45, 2.75) is 44.1 Å². The predicted molar refractivity (Wildman–Crippen MR) is 101 cm³/mol. The largest absolute Gasteiger partial charge is 0.416 e. The van der Waals surface area contributed by atoms with E-state index in [1.165, 1.54) is 0 Å². The zero-order chi connectivity index (χ0) is 23.2. The number of rotatable bonds is 8. The summed E-state index contributed by atoms with van der Waals surface area (Å²) in [4.78, 5) is 23.8. The Morgan fingerprint density at radius 2 is 1.42 bits per heavy atom. The number of carbonyl (C=O) groups is 2. The van der Waals surface area contributed by atoms with Crippen molar-refractivity contribution in [1.29, 1.82) is 0 Å². The first kappa shape index (κ1) is 24.2. The summed E-state index contributed by atoms with van der Waals surface area (Å²) < 4.78 is 77.6. The van der Waals surface area contributed by atoms with Gasteiger partial charge in [-0.25, -0.2) is 0 Å². The smallest absolute Gasteiger partial charge is 0.368 e. The third-order valence-corrected chi connectivity index (χ3v) is 4.49. The van der Waals surface area contributed by atoms with E-state index in [2.05, 4.69) is 5.32 Å². The Morgan fingerprint density at radius 3 is 1.90 bits per heavy atom. The van der Waals surface area contributed by atoms with Gasteiger partial charge in [-0.15, -0.1) is 0 Å². The van der Waals surface area contributed by atoms with E-state index in [4.69, 9.17) is 5.73 Å². The highest BCUT2D eigenvalue weighted by Crippen LogP contribution is 2.36. The Hall–Kier alpha value is -3.04. The van der Waals surface area contributed by atoms with Gasteiger partial charge in [0.2, 0.25) is 11.8 Å². The van der Waals surface area contributed by atoms with Crippen molar-refractivity contribution in [3.05, 3.63) is 70.8 Å². The van der Waals surface area contributed by atoms with Crippen molar-refractivity contribution < 1.29 is 35.9 Å². The van der Waals surface area contributed by atoms with Gasteiger partial charge in [0, 0.05) is 0 Å². The number of halogens is 6. The molecule has 10 heteroatoms. The number of amides is 2. The molecule has 2 aromatic rings. The summed E-state index contributed by atoms with van der Waals surface area (Å²) in [5, 5.41) is 2.29. The standard InChI is InChI=1S/C21H20F6N2O2/c22-20(23,24)15-9-14(10-16(12-15)21(25,26)27)11-18(30)29-17(19(28)31)8-4-7-13-5-2-1-3-6-13/h1-3,5-6,9-10,12,17H,4,7-8,11H2,(H2,28,31)(H,29,30)/t17-/m1/s1. The summed E-state index contributed by atoms with van der Waals surface area (Å²) in [6.07, 6.45) is -9.54. The van der Waals surface area contributed by atoms with E-state index < -0.39 is 53.3 Å². The number of hydrogen-bond donors (Lipinski definition) is 2. The Labute approximate surface area is 174 Å². The Morgan fingerprint density at radius 1 is 0.871 bits per heavy atom. The van der Waals surface area contributed by atoms with Gasteiger partial charge in [0.25, 0.3) is 0 Å². The molecule has 0 aliphatic carbocycles. The van der Waals surface area contributed by atoms with E-state index in [9.17, 15) is 35.9 Å². The highest BCUT2D eigenvalue weighted by atomic mass is 19.4. The normalized spacial score (nSPS) is 13.0. The molecular formula is C21H20F6N2O2. The molecule has 4 nitrogen and oxygen atoms in total. The number of benzene rings is 2. The summed E-state index contributed by atoms with van der Waals surface area (Å²) in [6.45, 7) is 0. The number of nitrogens with two attached hydrogens (primary N) is 1. The lowest BCUT2D eigenvalue weighted by molar-refractivity contribution is -0.143. The molecule has 0 heterocycles. The van der Waals surface area contributed by atoms with E-state index in [0.29, 0.717) is 25.0 Å². The van der Waals surface area contributed by atoms with Crippen LogP contribution >= 0.6 is 0 Å². The summed E-state index contributed by atoms with van der Waals surface area (Å²) in [6, 6.07) is 9.12. The van der Waals surface area contributed by atoms with Gasteiger partial charge < -0.3 is 11.1 Å². The summed E-state index contributed by atoms with van der Waals surface area (Å²) in [7, 11) is 0. The van der Waals surface area contributed by atoms with Crippen molar-refractivity contribution in [3.63, 3.8) is 0 Å². The summed E-state index contributed by atoms with van der Waals surface area (Å²) in [5.74, 6) is -1.75. The second-order valence-electron chi connectivity index (χ2n) is 6.99. The second-order valence-corrected chi connectivity index (χ2v) is 6.99. The number of nitrogens with one attached hydrogen (secondary N) is 1. The molecule has 0 aliphatic heterocycles. The van der Waals surface area contributed by atoms with Crippen LogP contribution in [-0.2, 0) is 34.8 Å². The van der Waals surface area contributed by atoms with Gasteiger partial charge in [-0.2, -0.15) is 26.3 Å². The van der Waals surface area contributed by atoms with Gasteiger partial charge >= 0.3 is 12.4 Å². The van der Waals surface area contributed by atoms with Gasteiger partial charge in [0.15, 0.2) is 0 Å². The van der Waals surface area contributed by atoms with Crippen LogP contribution in [0.25, 0.3) is 0 Å². The van der Waals surface area contributed by atoms with Crippen LogP contribution in [0.1, 0.15) is 35.1 Å². The van der Waals surface area contributed by atoms with Crippen LogP contribution in [0.2, 0.25) is 0 Å². The number of aryl methyl sites for hydroxylation is 1. The van der Waals surface area contributed by atoms with Crippen LogP contribution in [0.4, 0.5) is 26.3 Å². The van der Waals surface area contributed by atoms with Gasteiger partial charge in [-0.05, 0) is 48.6 Å². The molecule has 3 N–H and O–H groups in total. The van der Waals surface area contributed by atoms with Crippen LogP contribution < -0.4 is 11.1 Å². The molecule has 2 aromatic carbocycles. The average Bonchev–Trinajstić information content (AvgIpc) is 2.66. The summed E-state index contributed by atoms with van der Waals surface area (Å²) in [5.41, 5.74) is 2.76. The molecule has 0 fully saturated rings. The van der Waals surface area contributed by atoms with Crippen LogP contribution in [0.3, 0.4) is 0 Å². The molecule has 0 aromatic heterocycles. The van der Waals surface area contributed by atoms with Gasteiger partial charge in [-0.1, -0.05) is 30.3 Å². The number of alkyl halides is 6. The van der Waals surface area contributed by atoms with Crippen molar-refractivity contribution >= 4 is 11.8 Å². The summed E-state index contributed by atoms with van der Waals surface area (Å²) >= 11 is 0. The molecule has 31 heavy (non-hydrogen) atoms. The molecule has 2 rings (SSSR count). The minimum Gasteiger partial charge on any atom is -0.368 e. The first-order valence-corrected chi connectivity index (χ1v) is 9.27. The Bertz CT molecular complexity index is 878. The molecule has 0 bridgehead atoms. The van der Waals surface area contributed by atoms with Crippen LogP contribution in [0.15, 0.2) is 48.5 Å². The fourth-order valence-corrected chi connectivity index (χ4v) is 2.99. The zero-order valence-corrected chi connectivity index (χ0v) is 16.2. The van der Waals surface area contributed by atoms with Gasteiger partial charge in [0.05, 0.1) is 17.5 Å². The Kier molecular flexibility index (Phi) is 7.70. The average molecular weight is 446 g/mol. The molecule has 168 valence electrons. The van der Waals surface area contributed by atoms with E-state index in [1.54, 1.807) is 0 Å². The molecule has 0 spiro atoms. The van der Waals surface area contributed by atoms with Crippen molar-refractivity contribution in [2.24, 2.45) is 5.73 Å². The number of primary amides is 1. The van der Waals surface area contributed by atoms with Crippen molar-refractivity contribution in [1.82, 2.24) is 5.32 Å². The maximum Gasteiger partial charge on any atom is 0.416 e. The van der Waals surface area contributed by atoms with Crippen LogP contribution in [-0.4, -0.2) is 17.9 Å². The Balaban J connectivity index is 2.07. The van der Waals surface area contributed by atoms with E-state index >= 15 is 0 Å². The van der Waals surface area contributed by atoms with Crippen molar-refractivity contribution in [2.75, 3.05) is 0 Å². The highest BCUT2D eigenvalue weighted by Gasteiger charge is 2.37. The third kappa shape index (κ3) is 7.62. The molecular weight excluding hydrogens is 426 g/mol. The molecule has 0 aliphatic rings. The molecule has 0 saturated heterocycles. The highest BCUT2D eigenvalue weighted by molar-refractivity contribution is 5.87. The fourth-order valence-electron chi connectivity index (χ4n) is 2.99. The third-order valence-electron chi connectivity index (χ3n) is 4.49. The maximum atomic E-state index is 12.9. The fraction of sp³-hybridized carbons (Fsp3) is 0.333. The molecule has 0 saturated carbocycles. The zero-order valence-electron chi connectivity index (χ0n) is 16.2. The lowest BCUT2D eigenvalue weighted by Gasteiger charge is -2.17. The minimum absolute atomic E-state index is 0.0167. The maximum absolute atomic E-state index is 12.9. The lowest BCUT2D eigenvalue weighted by Crippen LogP contribution is -2.45.